The van der Waals surface area contributed by atoms with Gasteiger partial charge >= 0.3 is 0 Å². The lowest BCUT2D eigenvalue weighted by Gasteiger charge is -2.04. The molecule has 6 nitrogen and oxygen atoms in total. The summed E-state index contributed by atoms with van der Waals surface area (Å²) in [5, 5.41) is 7.09. The lowest BCUT2D eigenvalue weighted by atomic mass is 10.2. The summed E-state index contributed by atoms with van der Waals surface area (Å²) in [5.41, 5.74) is 4.04. The molecule has 2 heterocycles. The van der Waals surface area contributed by atoms with Gasteiger partial charge in [-0.3, -0.25) is 9.48 Å². The van der Waals surface area contributed by atoms with Crippen LogP contribution in [0.3, 0.4) is 0 Å². The number of nitrogens with zero attached hydrogens (tertiary/aromatic N) is 4. The quantitative estimate of drug-likeness (QED) is 0.806. The minimum Gasteiger partial charge on any atom is -0.321 e. The van der Waals surface area contributed by atoms with Crippen LogP contribution in [0.15, 0.2) is 36.1 Å². The van der Waals surface area contributed by atoms with Gasteiger partial charge in [-0.25, -0.2) is 9.97 Å². The van der Waals surface area contributed by atoms with Crippen LogP contribution >= 0.6 is 11.3 Å². The second kappa shape index (κ2) is 5.45. The highest BCUT2D eigenvalue weighted by Crippen LogP contribution is 2.19. The summed E-state index contributed by atoms with van der Waals surface area (Å²) in [6.45, 7) is 1.82. The Morgan fingerprint density at radius 3 is 2.57 bits per heavy atom. The van der Waals surface area contributed by atoms with Crippen LogP contribution in [0.25, 0.3) is 11.4 Å². The van der Waals surface area contributed by atoms with Gasteiger partial charge in [0, 0.05) is 18.3 Å². The van der Waals surface area contributed by atoms with Crippen LogP contribution in [0.1, 0.15) is 15.4 Å². The zero-order valence-electron chi connectivity index (χ0n) is 11.6. The largest absolute Gasteiger partial charge is 0.321 e. The minimum absolute atomic E-state index is 0.140. The molecule has 0 unspecified atom stereocenters. The van der Waals surface area contributed by atoms with Crippen molar-refractivity contribution in [1.29, 1.82) is 0 Å². The predicted octanol–water partition coefficient (Wildman–Crippen LogP) is 2.50. The average Bonchev–Trinajstić information content (AvgIpc) is 3.08. The number of aromatic nitrogens is 4. The van der Waals surface area contributed by atoms with Gasteiger partial charge in [0.15, 0.2) is 5.82 Å². The fourth-order valence-corrected chi connectivity index (χ4v) is 2.58. The van der Waals surface area contributed by atoms with E-state index in [2.05, 4.69) is 20.4 Å². The molecule has 0 saturated carbocycles. The molecular weight excluding hydrogens is 286 g/mol. The maximum Gasteiger partial charge on any atom is 0.267 e. The number of hydrogen-bond acceptors (Lipinski definition) is 5. The Morgan fingerprint density at radius 1 is 1.24 bits per heavy atom. The molecule has 7 heteroatoms. The van der Waals surface area contributed by atoms with Crippen molar-refractivity contribution in [3.05, 3.63) is 46.7 Å². The van der Waals surface area contributed by atoms with Gasteiger partial charge < -0.3 is 5.32 Å². The van der Waals surface area contributed by atoms with Gasteiger partial charge in [-0.05, 0) is 31.2 Å². The highest BCUT2D eigenvalue weighted by molar-refractivity contribution is 7.12. The molecular formula is C14H13N5OS. The van der Waals surface area contributed by atoms with Crippen LogP contribution in [0.4, 0.5) is 5.69 Å². The summed E-state index contributed by atoms with van der Waals surface area (Å²) in [4.78, 5) is 21.0. The first-order valence-corrected chi connectivity index (χ1v) is 7.19. The van der Waals surface area contributed by atoms with E-state index in [9.17, 15) is 4.79 Å². The molecule has 0 bridgehead atoms. The lowest BCUT2D eigenvalue weighted by Crippen LogP contribution is -2.11. The summed E-state index contributed by atoms with van der Waals surface area (Å²) in [5.74, 6) is 0.521. The fourth-order valence-electron chi connectivity index (χ4n) is 1.88. The third-order valence-electron chi connectivity index (χ3n) is 2.95. The van der Waals surface area contributed by atoms with Crippen LogP contribution in [-0.4, -0.2) is 25.7 Å². The molecule has 0 radical (unpaired) electrons. The Hall–Kier alpha value is -2.54. The van der Waals surface area contributed by atoms with Crippen LogP contribution < -0.4 is 5.32 Å². The number of thiazole rings is 1. The number of rotatable bonds is 3. The Kier molecular flexibility index (Phi) is 3.49. The van der Waals surface area contributed by atoms with E-state index in [0.29, 0.717) is 10.7 Å². The van der Waals surface area contributed by atoms with Crippen molar-refractivity contribution in [1.82, 2.24) is 19.7 Å². The van der Waals surface area contributed by atoms with Gasteiger partial charge in [0.2, 0.25) is 0 Å². The molecule has 0 aliphatic carbocycles. The van der Waals surface area contributed by atoms with E-state index >= 15 is 0 Å². The van der Waals surface area contributed by atoms with Crippen molar-refractivity contribution < 1.29 is 4.79 Å². The average molecular weight is 299 g/mol. The summed E-state index contributed by atoms with van der Waals surface area (Å²) >= 11 is 1.33. The third-order valence-corrected chi connectivity index (χ3v) is 3.88. The number of amides is 1. The molecule has 3 aromatic rings. The van der Waals surface area contributed by atoms with Crippen molar-refractivity contribution in [2.24, 2.45) is 7.05 Å². The third kappa shape index (κ3) is 2.82. The summed E-state index contributed by atoms with van der Waals surface area (Å²) in [6, 6.07) is 7.43. The standard InChI is InChI=1S/C14H13N5OS/c1-9-12(21-8-16-9)14(20)17-11-5-3-10(4-6-11)13-15-7-19(2)18-13/h3-8H,1-2H3,(H,17,20). The van der Waals surface area contributed by atoms with E-state index in [-0.39, 0.29) is 5.91 Å². The molecule has 21 heavy (non-hydrogen) atoms. The molecule has 3 rings (SSSR count). The number of carbonyl (C=O) groups excluding carboxylic acids is 1. The zero-order chi connectivity index (χ0) is 14.8. The number of carbonyl (C=O) groups is 1. The number of anilines is 1. The summed E-state index contributed by atoms with van der Waals surface area (Å²) < 4.78 is 1.65. The van der Waals surface area contributed by atoms with Crippen molar-refractivity contribution in [2.75, 3.05) is 5.32 Å². The van der Waals surface area contributed by atoms with E-state index in [1.165, 1.54) is 11.3 Å². The van der Waals surface area contributed by atoms with Gasteiger partial charge in [0.25, 0.3) is 5.91 Å². The topological polar surface area (TPSA) is 72.7 Å². The molecule has 1 aromatic carbocycles. The Balaban J connectivity index is 1.76. The zero-order valence-corrected chi connectivity index (χ0v) is 12.4. The first-order valence-electron chi connectivity index (χ1n) is 6.31. The number of aryl methyl sites for hydroxylation is 2. The van der Waals surface area contributed by atoms with Gasteiger partial charge in [0.1, 0.15) is 11.2 Å². The van der Waals surface area contributed by atoms with Gasteiger partial charge in [-0.1, -0.05) is 0 Å². The first kappa shape index (κ1) is 13.4. The molecule has 1 N–H and O–H groups in total. The molecule has 0 atom stereocenters. The molecule has 0 aliphatic heterocycles. The maximum absolute atomic E-state index is 12.1. The lowest BCUT2D eigenvalue weighted by molar-refractivity contribution is 0.103. The van der Waals surface area contributed by atoms with Crippen molar-refractivity contribution in [3.63, 3.8) is 0 Å². The second-order valence-electron chi connectivity index (χ2n) is 4.54. The molecule has 0 aliphatic rings. The van der Waals surface area contributed by atoms with Crippen LogP contribution in [0.5, 0.6) is 0 Å². The van der Waals surface area contributed by atoms with E-state index in [0.717, 1.165) is 16.9 Å². The maximum atomic E-state index is 12.1. The smallest absolute Gasteiger partial charge is 0.267 e. The molecule has 2 aromatic heterocycles. The van der Waals surface area contributed by atoms with Crippen LogP contribution in [0, 0.1) is 6.92 Å². The highest BCUT2D eigenvalue weighted by atomic mass is 32.1. The highest BCUT2D eigenvalue weighted by Gasteiger charge is 2.12. The van der Waals surface area contributed by atoms with Gasteiger partial charge in [-0.15, -0.1) is 11.3 Å². The van der Waals surface area contributed by atoms with Gasteiger partial charge in [-0.2, -0.15) is 5.10 Å². The monoisotopic (exact) mass is 299 g/mol. The number of nitrogens with one attached hydrogen (secondary N) is 1. The first-order chi connectivity index (χ1) is 10.1. The predicted molar refractivity (Wildman–Crippen MR) is 81.2 cm³/mol. The molecule has 1 amide bonds. The Morgan fingerprint density at radius 2 is 2.00 bits per heavy atom. The molecule has 106 valence electrons. The SMILES string of the molecule is Cc1ncsc1C(=O)Nc1ccc(-c2ncn(C)n2)cc1. The fraction of sp³-hybridized carbons (Fsp3) is 0.143. The van der Waals surface area contributed by atoms with Crippen molar-refractivity contribution in [3.8, 4) is 11.4 Å². The van der Waals surface area contributed by atoms with Crippen LogP contribution in [0.2, 0.25) is 0 Å². The van der Waals surface area contributed by atoms with Crippen LogP contribution in [-0.2, 0) is 7.05 Å². The second-order valence-corrected chi connectivity index (χ2v) is 5.39. The van der Waals surface area contributed by atoms with Crippen molar-refractivity contribution in [2.45, 2.75) is 6.92 Å². The van der Waals surface area contributed by atoms with E-state index < -0.39 is 0 Å². The summed E-state index contributed by atoms with van der Waals surface area (Å²) in [6.07, 6.45) is 1.65. The molecule has 0 spiro atoms. The summed E-state index contributed by atoms with van der Waals surface area (Å²) in [7, 11) is 1.82. The molecule has 0 fully saturated rings. The Bertz CT molecular complexity index is 775. The normalized spacial score (nSPS) is 10.6. The van der Waals surface area contributed by atoms with E-state index in [4.69, 9.17) is 0 Å². The molecule has 0 saturated heterocycles. The van der Waals surface area contributed by atoms with Gasteiger partial charge in [0.05, 0.1) is 11.2 Å². The number of benzene rings is 1. The Labute approximate surface area is 125 Å². The van der Waals surface area contributed by atoms with E-state index in [1.54, 1.807) is 16.5 Å². The van der Waals surface area contributed by atoms with Crippen molar-refractivity contribution >= 4 is 22.9 Å². The minimum atomic E-state index is -0.140. The number of hydrogen-bond donors (Lipinski definition) is 1. The van der Waals surface area contributed by atoms with E-state index in [1.807, 2.05) is 38.2 Å².